The first kappa shape index (κ1) is 26.4. The number of phenols is 1. The monoisotopic (exact) mass is 537 g/mol. The lowest BCUT2D eigenvalue weighted by Gasteiger charge is -2.43. The second-order valence-electron chi connectivity index (χ2n) is 11.7. The molecule has 3 saturated heterocycles. The zero-order chi connectivity index (χ0) is 27.6. The SMILES string of the molecule is CC1CCCN(CC#Cc2cc(N3C4CCC3CN(c3cc(-c5ccccc5O)nnc3N)C4)ccn2)CC1C. The lowest BCUT2D eigenvalue weighted by atomic mass is 9.93. The van der Waals surface area contributed by atoms with Crippen LogP contribution in [0, 0.1) is 23.7 Å². The minimum Gasteiger partial charge on any atom is -0.507 e. The Morgan fingerprint density at radius 2 is 1.77 bits per heavy atom. The summed E-state index contributed by atoms with van der Waals surface area (Å²) in [6.45, 7) is 9.50. The number of nitrogens with zero attached hydrogens (tertiary/aromatic N) is 6. The summed E-state index contributed by atoms with van der Waals surface area (Å²) in [6, 6.07) is 14.1. The van der Waals surface area contributed by atoms with Gasteiger partial charge in [-0.05, 0) is 80.3 Å². The number of para-hydroxylation sites is 1. The molecule has 3 fully saturated rings. The molecule has 0 radical (unpaired) electrons. The van der Waals surface area contributed by atoms with Crippen LogP contribution in [-0.4, -0.2) is 70.0 Å². The molecule has 3 aliphatic heterocycles. The molecule has 8 nitrogen and oxygen atoms in total. The van der Waals surface area contributed by atoms with Gasteiger partial charge in [0.25, 0.3) is 0 Å². The first-order valence-electron chi connectivity index (χ1n) is 14.6. The quantitative estimate of drug-likeness (QED) is 0.473. The van der Waals surface area contributed by atoms with Crippen LogP contribution in [0.5, 0.6) is 5.75 Å². The Morgan fingerprint density at radius 3 is 2.58 bits per heavy atom. The molecule has 40 heavy (non-hydrogen) atoms. The van der Waals surface area contributed by atoms with Crippen LogP contribution in [0.3, 0.4) is 0 Å². The van der Waals surface area contributed by atoms with Crippen molar-refractivity contribution in [2.24, 2.45) is 11.8 Å². The summed E-state index contributed by atoms with van der Waals surface area (Å²) in [5.41, 5.74) is 10.5. The van der Waals surface area contributed by atoms with E-state index in [4.69, 9.17) is 5.73 Å². The Kier molecular flexibility index (Phi) is 7.48. The summed E-state index contributed by atoms with van der Waals surface area (Å²) < 4.78 is 0. The minimum atomic E-state index is 0.185. The van der Waals surface area contributed by atoms with Gasteiger partial charge in [-0.15, -0.1) is 10.2 Å². The Balaban J connectivity index is 1.16. The number of phenolic OH excluding ortho intramolecular Hbond substituents is 1. The summed E-state index contributed by atoms with van der Waals surface area (Å²) in [7, 11) is 0. The van der Waals surface area contributed by atoms with Gasteiger partial charge in [0, 0.05) is 49.2 Å². The molecule has 0 amide bonds. The number of benzene rings is 1. The van der Waals surface area contributed by atoms with E-state index in [1.165, 1.54) is 18.5 Å². The fourth-order valence-electron chi connectivity index (χ4n) is 6.62. The van der Waals surface area contributed by atoms with Gasteiger partial charge in [0.1, 0.15) is 11.4 Å². The number of piperazine rings is 1. The van der Waals surface area contributed by atoms with Crippen molar-refractivity contribution in [2.45, 2.75) is 51.6 Å². The van der Waals surface area contributed by atoms with Gasteiger partial charge in [-0.1, -0.05) is 31.9 Å². The molecule has 0 spiro atoms. The highest BCUT2D eigenvalue weighted by Crippen LogP contribution is 2.39. The molecule has 3 aliphatic rings. The van der Waals surface area contributed by atoms with E-state index in [1.807, 2.05) is 24.4 Å². The van der Waals surface area contributed by atoms with Crippen molar-refractivity contribution in [1.82, 2.24) is 20.1 Å². The fraction of sp³-hybridized carbons (Fsp3) is 0.469. The largest absolute Gasteiger partial charge is 0.507 e. The molecule has 5 heterocycles. The number of anilines is 3. The van der Waals surface area contributed by atoms with E-state index >= 15 is 0 Å². The highest BCUT2D eigenvalue weighted by Gasteiger charge is 2.40. The van der Waals surface area contributed by atoms with Crippen molar-refractivity contribution in [3.8, 4) is 28.8 Å². The van der Waals surface area contributed by atoms with Gasteiger partial charge in [0.05, 0.1) is 17.9 Å². The van der Waals surface area contributed by atoms with Gasteiger partial charge in [0.15, 0.2) is 5.82 Å². The van der Waals surface area contributed by atoms with Crippen LogP contribution in [0.4, 0.5) is 17.2 Å². The van der Waals surface area contributed by atoms with Gasteiger partial charge in [-0.25, -0.2) is 4.98 Å². The molecule has 3 N–H and O–H groups in total. The lowest BCUT2D eigenvalue weighted by molar-refractivity contribution is 0.264. The third-order valence-corrected chi connectivity index (χ3v) is 9.02. The predicted molar refractivity (Wildman–Crippen MR) is 160 cm³/mol. The standard InChI is InChI=1S/C32H39N7O/c1-22-7-5-15-37(19-23(22)2)16-6-8-24-17-25(13-14-34-24)39-26-11-12-27(39)21-38(20-26)30-18-29(35-36-32(30)33)28-9-3-4-10-31(28)40/h3-4,9-10,13-14,17-18,22-23,26-27,40H,5,7,11-12,15-16,19-21H2,1-2H3,(H2,33,36). The highest BCUT2D eigenvalue weighted by molar-refractivity contribution is 5.74. The van der Waals surface area contributed by atoms with E-state index in [2.05, 4.69) is 67.7 Å². The van der Waals surface area contributed by atoms with Gasteiger partial charge < -0.3 is 20.6 Å². The van der Waals surface area contributed by atoms with Gasteiger partial charge >= 0.3 is 0 Å². The Labute approximate surface area is 237 Å². The van der Waals surface area contributed by atoms with Crippen LogP contribution in [0.1, 0.15) is 45.2 Å². The summed E-state index contributed by atoms with van der Waals surface area (Å²) >= 11 is 0. The topological polar surface area (TPSA) is 94.6 Å². The van der Waals surface area contributed by atoms with E-state index in [0.717, 1.165) is 68.8 Å². The van der Waals surface area contributed by atoms with Crippen molar-refractivity contribution >= 4 is 17.2 Å². The molecule has 2 bridgehead atoms. The summed E-state index contributed by atoms with van der Waals surface area (Å²) in [5.74, 6) is 8.86. The van der Waals surface area contributed by atoms with Crippen LogP contribution in [0.25, 0.3) is 11.3 Å². The van der Waals surface area contributed by atoms with Gasteiger partial charge in [0.2, 0.25) is 0 Å². The minimum absolute atomic E-state index is 0.185. The number of nitrogens with two attached hydrogens (primary N) is 1. The first-order chi connectivity index (χ1) is 19.5. The maximum Gasteiger partial charge on any atom is 0.169 e. The van der Waals surface area contributed by atoms with E-state index < -0.39 is 0 Å². The van der Waals surface area contributed by atoms with Crippen LogP contribution in [0.2, 0.25) is 0 Å². The van der Waals surface area contributed by atoms with Gasteiger partial charge in [-0.3, -0.25) is 4.90 Å². The van der Waals surface area contributed by atoms with E-state index in [9.17, 15) is 5.11 Å². The number of pyridine rings is 1. The van der Waals surface area contributed by atoms with Crippen molar-refractivity contribution in [3.63, 3.8) is 0 Å². The van der Waals surface area contributed by atoms with Crippen molar-refractivity contribution < 1.29 is 5.11 Å². The van der Waals surface area contributed by atoms with Crippen molar-refractivity contribution in [3.05, 3.63) is 54.4 Å². The number of likely N-dealkylation sites (tertiary alicyclic amines) is 1. The van der Waals surface area contributed by atoms with Crippen molar-refractivity contribution in [1.29, 1.82) is 0 Å². The first-order valence-corrected chi connectivity index (χ1v) is 14.6. The average molecular weight is 538 g/mol. The Bertz CT molecular complexity index is 1400. The predicted octanol–water partition coefficient (Wildman–Crippen LogP) is 4.40. The Morgan fingerprint density at radius 1 is 0.975 bits per heavy atom. The zero-order valence-electron chi connectivity index (χ0n) is 23.5. The third kappa shape index (κ3) is 5.44. The Hall–Kier alpha value is -3.83. The summed E-state index contributed by atoms with van der Waals surface area (Å²) in [4.78, 5) is 11.9. The second kappa shape index (κ2) is 11.3. The summed E-state index contributed by atoms with van der Waals surface area (Å²) in [6.07, 6.45) is 6.71. The molecule has 8 heteroatoms. The van der Waals surface area contributed by atoms with Crippen LogP contribution in [0.15, 0.2) is 48.7 Å². The van der Waals surface area contributed by atoms with Crippen LogP contribution < -0.4 is 15.5 Å². The number of rotatable bonds is 4. The molecular weight excluding hydrogens is 498 g/mol. The smallest absolute Gasteiger partial charge is 0.169 e. The number of nitrogen functional groups attached to an aromatic ring is 1. The molecule has 4 unspecified atom stereocenters. The normalized spacial score (nSPS) is 24.9. The lowest BCUT2D eigenvalue weighted by Crippen LogP contribution is -2.54. The fourth-order valence-corrected chi connectivity index (χ4v) is 6.62. The maximum absolute atomic E-state index is 10.3. The third-order valence-electron chi connectivity index (χ3n) is 9.02. The molecule has 6 rings (SSSR count). The molecule has 0 aliphatic carbocycles. The number of hydrogen-bond acceptors (Lipinski definition) is 8. The number of aromatic hydroxyl groups is 1. The molecule has 2 aromatic heterocycles. The molecule has 0 saturated carbocycles. The van der Waals surface area contributed by atoms with E-state index in [0.29, 0.717) is 29.2 Å². The van der Waals surface area contributed by atoms with Crippen molar-refractivity contribution in [2.75, 3.05) is 48.3 Å². The van der Waals surface area contributed by atoms with Crippen LogP contribution in [-0.2, 0) is 0 Å². The molecule has 1 aromatic carbocycles. The summed E-state index contributed by atoms with van der Waals surface area (Å²) in [5, 5.41) is 18.8. The second-order valence-corrected chi connectivity index (χ2v) is 11.7. The number of aromatic nitrogens is 3. The van der Waals surface area contributed by atoms with E-state index in [-0.39, 0.29) is 5.75 Å². The molecule has 3 aromatic rings. The van der Waals surface area contributed by atoms with Crippen LogP contribution >= 0.6 is 0 Å². The average Bonchev–Trinajstić information content (AvgIpc) is 3.11. The molecule has 208 valence electrons. The molecular formula is C32H39N7O. The van der Waals surface area contributed by atoms with E-state index in [1.54, 1.807) is 12.1 Å². The maximum atomic E-state index is 10.3. The molecule has 4 atom stereocenters. The highest BCUT2D eigenvalue weighted by atomic mass is 16.3. The van der Waals surface area contributed by atoms with Gasteiger partial charge in [-0.2, -0.15) is 0 Å². The zero-order valence-corrected chi connectivity index (χ0v) is 23.5. The number of fused-ring (bicyclic) bond motifs is 2. The number of hydrogen-bond donors (Lipinski definition) is 2.